The number of amides is 1. The highest BCUT2D eigenvalue weighted by atomic mass is 35.5. The van der Waals surface area contributed by atoms with Crippen LogP contribution < -0.4 is 4.90 Å². The SMILES string of the molecule is O=C1C(=O)N(c2cc(Cl)ccc2O)C(c2ccncc2)/C1=C(/O)c1cccc2ccccc12. The number of Topliss-reactive ketones (excluding diaryl/α,β-unsaturated/α-hetero) is 1. The standard InChI is InChI=1S/C26H17ClN2O4/c27-17-8-9-21(30)20(14-17)29-23(16-10-12-28-13-11-16)22(25(32)26(29)33)24(31)19-7-3-5-15-4-1-2-6-18(15)19/h1-14,23,30-31H/b24-22-. The summed E-state index contributed by atoms with van der Waals surface area (Å²) >= 11 is 6.13. The van der Waals surface area contributed by atoms with Crippen molar-refractivity contribution in [1.82, 2.24) is 4.98 Å². The molecule has 1 aliphatic heterocycles. The summed E-state index contributed by atoms with van der Waals surface area (Å²) in [4.78, 5) is 31.7. The Balaban J connectivity index is 1.80. The molecule has 4 aromatic rings. The lowest BCUT2D eigenvalue weighted by molar-refractivity contribution is -0.132. The Morgan fingerprint density at radius 3 is 2.45 bits per heavy atom. The van der Waals surface area contributed by atoms with Crippen LogP contribution in [-0.4, -0.2) is 26.9 Å². The van der Waals surface area contributed by atoms with Gasteiger partial charge < -0.3 is 10.2 Å². The van der Waals surface area contributed by atoms with Crippen molar-refractivity contribution in [3.05, 3.63) is 107 Å². The number of aliphatic hydroxyl groups excluding tert-OH is 1. The predicted molar refractivity (Wildman–Crippen MR) is 126 cm³/mol. The number of ketones is 1. The van der Waals surface area contributed by atoms with E-state index in [-0.39, 0.29) is 27.8 Å². The van der Waals surface area contributed by atoms with Gasteiger partial charge in [-0.2, -0.15) is 0 Å². The summed E-state index contributed by atoms with van der Waals surface area (Å²) in [7, 11) is 0. The number of hydrogen-bond donors (Lipinski definition) is 2. The van der Waals surface area contributed by atoms with Crippen molar-refractivity contribution in [3.8, 4) is 5.75 Å². The van der Waals surface area contributed by atoms with Gasteiger partial charge in [-0.1, -0.05) is 54.1 Å². The van der Waals surface area contributed by atoms with Gasteiger partial charge in [0.15, 0.2) is 0 Å². The van der Waals surface area contributed by atoms with Crippen LogP contribution in [0, 0.1) is 0 Å². The van der Waals surface area contributed by atoms with Crippen LogP contribution in [0.25, 0.3) is 16.5 Å². The van der Waals surface area contributed by atoms with Gasteiger partial charge in [0.05, 0.1) is 17.3 Å². The Labute approximate surface area is 194 Å². The van der Waals surface area contributed by atoms with Crippen LogP contribution in [0.3, 0.4) is 0 Å². The van der Waals surface area contributed by atoms with E-state index in [0.29, 0.717) is 11.1 Å². The number of hydrogen-bond acceptors (Lipinski definition) is 5. The van der Waals surface area contributed by atoms with E-state index >= 15 is 0 Å². The highest BCUT2D eigenvalue weighted by Crippen LogP contribution is 2.45. The number of aliphatic hydroxyl groups is 1. The molecule has 1 saturated heterocycles. The fraction of sp³-hybridized carbons (Fsp3) is 0.0385. The molecule has 0 radical (unpaired) electrons. The smallest absolute Gasteiger partial charge is 0.300 e. The fourth-order valence-electron chi connectivity index (χ4n) is 4.21. The lowest BCUT2D eigenvalue weighted by atomic mass is 9.93. The van der Waals surface area contributed by atoms with Gasteiger partial charge in [0, 0.05) is 23.0 Å². The lowest BCUT2D eigenvalue weighted by Gasteiger charge is -2.26. The third-order valence-electron chi connectivity index (χ3n) is 5.71. The minimum atomic E-state index is -0.990. The summed E-state index contributed by atoms with van der Waals surface area (Å²) in [5.41, 5.74) is 0.969. The molecular formula is C26H17ClN2O4. The second-order valence-corrected chi connectivity index (χ2v) is 8.05. The zero-order chi connectivity index (χ0) is 23.1. The van der Waals surface area contributed by atoms with Gasteiger partial charge in [-0.3, -0.25) is 19.5 Å². The average molecular weight is 457 g/mol. The fourth-order valence-corrected chi connectivity index (χ4v) is 4.38. The van der Waals surface area contributed by atoms with Crippen molar-refractivity contribution in [1.29, 1.82) is 0 Å². The van der Waals surface area contributed by atoms with E-state index in [2.05, 4.69) is 4.98 Å². The minimum absolute atomic E-state index is 0.0726. The van der Waals surface area contributed by atoms with E-state index in [9.17, 15) is 19.8 Å². The first-order valence-electron chi connectivity index (χ1n) is 10.1. The number of aromatic nitrogens is 1. The molecule has 6 nitrogen and oxygen atoms in total. The highest BCUT2D eigenvalue weighted by Gasteiger charge is 2.47. The Kier molecular flexibility index (Phi) is 5.07. The number of phenols is 1. The number of carbonyl (C=O) groups excluding carboxylic acids is 2. The zero-order valence-corrected chi connectivity index (χ0v) is 17.9. The molecule has 0 aliphatic carbocycles. The van der Waals surface area contributed by atoms with Crippen LogP contribution in [0.5, 0.6) is 5.75 Å². The van der Waals surface area contributed by atoms with Gasteiger partial charge in [0.1, 0.15) is 11.5 Å². The van der Waals surface area contributed by atoms with Crippen LogP contribution >= 0.6 is 11.6 Å². The van der Waals surface area contributed by atoms with Crippen LogP contribution in [0.15, 0.2) is 90.8 Å². The summed E-state index contributed by atoms with van der Waals surface area (Å²) in [5.74, 6) is -2.25. The van der Waals surface area contributed by atoms with Crippen LogP contribution in [-0.2, 0) is 9.59 Å². The number of pyridine rings is 1. The Morgan fingerprint density at radius 2 is 1.67 bits per heavy atom. The van der Waals surface area contributed by atoms with Crippen molar-refractivity contribution < 1.29 is 19.8 Å². The quantitative estimate of drug-likeness (QED) is 0.250. The number of carbonyl (C=O) groups is 2. The number of fused-ring (bicyclic) bond motifs is 1. The molecule has 0 spiro atoms. The molecule has 1 aromatic heterocycles. The topological polar surface area (TPSA) is 90.7 Å². The van der Waals surface area contributed by atoms with Crippen molar-refractivity contribution in [2.24, 2.45) is 0 Å². The number of rotatable bonds is 3. The monoisotopic (exact) mass is 456 g/mol. The number of nitrogens with zero attached hydrogens (tertiary/aromatic N) is 2. The minimum Gasteiger partial charge on any atom is -0.507 e. The predicted octanol–water partition coefficient (Wildman–Crippen LogP) is 5.22. The second-order valence-electron chi connectivity index (χ2n) is 7.61. The van der Waals surface area contributed by atoms with E-state index in [1.54, 1.807) is 24.3 Å². The molecular weight excluding hydrogens is 440 g/mol. The number of aromatic hydroxyl groups is 1. The third kappa shape index (κ3) is 3.41. The second kappa shape index (κ2) is 8.07. The number of phenolic OH excluding ortho intramolecular Hbond substituents is 1. The van der Waals surface area contributed by atoms with Gasteiger partial charge in [-0.25, -0.2) is 0 Å². The van der Waals surface area contributed by atoms with Crippen molar-refractivity contribution in [2.75, 3.05) is 4.90 Å². The van der Waals surface area contributed by atoms with Gasteiger partial charge in [-0.15, -0.1) is 0 Å². The molecule has 1 aliphatic rings. The number of benzene rings is 3. The van der Waals surface area contributed by atoms with Gasteiger partial charge in [0.2, 0.25) is 0 Å². The Hall–Kier alpha value is -4.16. The first kappa shape index (κ1) is 20.7. The first-order chi connectivity index (χ1) is 16.0. The molecule has 33 heavy (non-hydrogen) atoms. The molecule has 1 atom stereocenters. The summed E-state index contributed by atoms with van der Waals surface area (Å²) in [5, 5.41) is 23.8. The van der Waals surface area contributed by atoms with E-state index in [1.165, 1.54) is 30.6 Å². The molecule has 162 valence electrons. The molecule has 2 N–H and O–H groups in total. The molecule has 7 heteroatoms. The van der Waals surface area contributed by atoms with Gasteiger partial charge in [0.25, 0.3) is 11.7 Å². The molecule has 0 bridgehead atoms. The van der Waals surface area contributed by atoms with Gasteiger partial charge >= 0.3 is 0 Å². The zero-order valence-electron chi connectivity index (χ0n) is 17.1. The summed E-state index contributed by atoms with van der Waals surface area (Å²) < 4.78 is 0. The molecule has 1 fully saturated rings. The normalized spacial score (nSPS) is 17.6. The lowest BCUT2D eigenvalue weighted by Crippen LogP contribution is -2.29. The summed E-state index contributed by atoms with van der Waals surface area (Å²) in [6.45, 7) is 0. The molecule has 1 amide bonds. The maximum absolute atomic E-state index is 13.3. The average Bonchev–Trinajstić information content (AvgIpc) is 3.10. The number of anilines is 1. The Bertz CT molecular complexity index is 1440. The van der Waals surface area contributed by atoms with Crippen molar-refractivity contribution >= 4 is 45.5 Å². The maximum Gasteiger partial charge on any atom is 0.300 e. The molecule has 3 aromatic carbocycles. The number of halogens is 1. The van der Waals surface area contributed by atoms with E-state index in [1.807, 2.05) is 30.3 Å². The largest absolute Gasteiger partial charge is 0.507 e. The van der Waals surface area contributed by atoms with E-state index in [0.717, 1.165) is 15.7 Å². The highest BCUT2D eigenvalue weighted by molar-refractivity contribution is 6.52. The first-order valence-corrected chi connectivity index (χ1v) is 10.5. The van der Waals surface area contributed by atoms with Crippen LogP contribution in [0.2, 0.25) is 5.02 Å². The van der Waals surface area contributed by atoms with Crippen molar-refractivity contribution in [2.45, 2.75) is 6.04 Å². The van der Waals surface area contributed by atoms with Crippen LogP contribution in [0.1, 0.15) is 17.2 Å². The van der Waals surface area contributed by atoms with Crippen LogP contribution in [0.4, 0.5) is 5.69 Å². The third-order valence-corrected chi connectivity index (χ3v) is 5.94. The summed E-state index contributed by atoms with van der Waals surface area (Å²) in [6, 6.07) is 19.4. The molecule has 2 heterocycles. The molecule has 0 saturated carbocycles. The summed E-state index contributed by atoms with van der Waals surface area (Å²) in [6.07, 6.45) is 3.07. The maximum atomic E-state index is 13.3. The molecule has 5 rings (SSSR count). The van der Waals surface area contributed by atoms with E-state index < -0.39 is 17.7 Å². The molecule has 1 unspecified atom stereocenters. The Morgan fingerprint density at radius 1 is 0.939 bits per heavy atom. The van der Waals surface area contributed by atoms with E-state index in [4.69, 9.17) is 11.6 Å². The van der Waals surface area contributed by atoms with Gasteiger partial charge in [-0.05, 0) is 46.7 Å². The van der Waals surface area contributed by atoms with Crippen molar-refractivity contribution in [3.63, 3.8) is 0 Å².